The first-order valence-electron chi connectivity index (χ1n) is 7.80. The summed E-state index contributed by atoms with van der Waals surface area (Å²) in [5, 5.41) is 0. The van der Waals surface area contributed by atoms with Gasteiger partial charge in [-0.2, -0.15) is 0 Å². The van der Waals surface area contributed by atoms with Gasteiger partial charge in [-0.3, -0.25) is 0 Å². The molecular formula is C19H21BrFNO3. The Hall–Kier alpha value is -2.08. The number of carbonyl (C=O) groups excluding carboxylic acids is 1. The molecule has 6 heteroatoms. The number of para-hydroxylation sites is 1. The van der Waals surface area contributed by atoms with Gasteiger partial charge >= 0.3 is 6.09 Å². The second kappa shape index (κ2) is 7.87. The molecule has 1 amide bonds. The monoisotopic (exact) mass is 409 g/mol. The Balaban J connectivity index is 2.16. The van der Waals surface area contributed by atoms with E-state index < -0.39 is 17.5 Å². The van der Waals surface area contributed by atoms with Crippen LogP contribution in [0.3, 0.4) is 0 Å². The zero-order chi connectivity index (χ0) is 18.6. The smallest absolute Gasteiger partial charge is 0.410 e. The Labute approximate surface area is 155 Å². The third-order valence-corrected chi connectivity index (χ3v) is 3.69. The van der Waals surface area contributed by atoms with Gasteiger partial charge in [0.1, 0.15) is 11.4 Å². The molecule has 0 unspecified atom stereocenters. The number of benzene rings is 2. The fourth-order valence-electron chi connectivity index (χ4n) is 2.07. The lowest BCUT2D eigenvalue weighted by Gasteiger charge is -2.25. The molecule has 134 valence electrons. The Kier molecular flexibility index (Phi) is 6.06. The van der Waals surface area contributed by atoms with E-state index in [2.05, 4.69) is 15.9 Å². The second-order valence-corrected chi connectivity index (χ2v) is 7.54. The minimum atomic E-state index is -0.568. The molecule has 0 saturated heterocycles. The van der Waals surface area contributed by atoms with Crippen LogP contribution in [0.1, 0.15) is 26.3 Å². The van der Waals surface area contributed by atoms with Crippen LogP contribution in [0.4, 0.5) is 9.18 Å². The summed E-state index contributed by atoms with van der Waals surface area (Å²) in [4.78, 5) is 13.6. The third-order valence-electron chi connectivity index (χ3n) is 3.20. The van der Waals surface area contributed by atoms with E-state index >= 15 is 0 Å². The third kappa shape index (κ3) is 5.74. The summed E-state index contributed by atoms with van der Waals surface area (Å²) < 4.78 is 25.7. The van der Waals surface area contributed by atoms with Gasteiger partial charge < -0.3 is 14.4 Å². The molecule has 0 aromatic heterocycles. The van der Waals surface area contributed by atoms with Gasteiger partial charge in [-0.15, -0.1) is 0 Å². The first-order chi connectivity index (χ1) is 11.7. The Bertz CT molecular complexity index is 759. The highest BCUT2D eigenvalue weighted by atomic mass is 79.9. The molecule has 0 bridgehead atoms. The summed E-state index contributed by atoms with van der Waals surface area (Å²) in [5.74, 6) is 0.138. The molecule has 0 saturated carbocycles. The van der Waals surface area contributed by atoms with Crippen LogP contribution < -0.4 is 4.74 Å². The van der Waals surface area contributed by atoms with E-state index in [1.165, 1.54) is 11.0 Å². The molecular weight excluding hydrogens is 389 g/mol. The van der Waals surface area contributed by atoms with Crippen LogP contribution in [-0.4, -0.2) is 23.6 Å². The average Bonchev–Trinajstić information content (AvgIpc) is 2.50. The fraction of sp³-hybridized carbons (Fsp3) is 0.316. The van der Waals surface area contributed by atoms with Gasteiger partial charge in [0, 0.05) is 17.1 Å². The number of ether oxygens (including phenoxy) is 2. The van der Waals surface area contributed by atoms with Crippen molar-refractivity contribution in [3.8, 4) is 11.5 Å². The fourth-order valence-corrected chi connectivity index (χ4v) is 2.40. The van der Waals surface area contributed by atoms with Gasteiger partial charge in [-0.1, -0.05) is 34.1 Å². The summed E-state index contributed by atoms with van der Waals surface area (Å²) >= 11 is 3.22. The summed E-state index contributed by atoms with van der Waals surface area (Å²) in [6.45, 7) is 5.72. The zero-order valence-corrected chi connectivity index (χ0v) is 16.3. The number of hydrogen-bond donors (Lipinski definition) is 0. The highest BCUT2D eigenvalue weighted by molar-refractivity contribution is 9.10. The van der Waals surface area contributed by atoms with Crippen LogP contribution in [0.25, 0.3) is 0 Å². The average molecular weight is 410 g/mol. The van der Waals surface area contributed by atoms with Crippen molar-refractivity contribution in [2.45, 2.75) is 32.9 Å². The topological polar surface area (TPSA) is 38.8 Å². The van der Waals surface area contributed by atoms with Crippen LogP contribution in [0.15, 0.2) is 46.9 Å². The van der Waals surface area contributed by atoms with Crippen molar-refractivity contribution in [2.24, 2.45) is 0 Å². The Morgan fingerprint density at radius 1 is 1.16 bits per heavy atom. The first kappa shape index (κ1) is 19.2. The lowest BCUT2D eigenvalue weighted by atomic mass is 10.2. The highest BCUT2D eigenvalue weighted by Crippen LogP contribution is 2.29. The predicted octanol–water partition coefficient (Wildman–Crippen LogP) is 5.75. The van der Waals surface area contributed by atoms with Crippen molar-refractivity contribution < 1.29 is 18.7 Å². The van der Waals surface area contributed by atoms with Gasteiger partial charge in [0.15, 0.2) is 11.6 Å². The van der Waals surface area contributed by atoms with Crippen molar-refractivity contribution in [3.05, 3.63) is 58.3 Å². The van der Waals surface area contributed by atoms with Crippen LogP contribution in [0.2, 0.25) is 0 Å². The van der Waals surface area contributed by atoms with Gasteiger partial charge in [-0.05, 0) is 45.0 Å². The maximum Gasteiger partial charge on any atom is 0.410 e. The van der Waals surface area contributed by atoms with Gasteiger partial charge in [0.25, 0.3) is 0 Å². The number of hydrogen-bond acceptors (Lipinski definition) is 3. The lowest BCUT2D eigenvalue weighted by Crippen LogP contribution is -2.33. The largest absolute Gasteiger partial charge is 0.454 e. The molecule has 2 rings (SSSR count). The minimum absolute atomic E-state index is 0.121. The summed E-state index contributed by atoms with van der Waals surface area (Å²) in [6, 6.07) is 11.8. The molecule has 0 aliphatic heterocycles. The number of halogens is 2. The molecule has 0 atom stereocenters. The Morgan fingerprint density at radius 3 is 2.48 bits per heavy atom. The van der Waals surface area contributed by atoms with Crippen molar-refractivity contribution >= 4 is 22.0 Å². The molecule has 0 aliphatic carbocycles. The second-order valence-electron chi connectivity index (χ2n) is 6.62. The summed E-state index contributed by atoms with van der Waals surface area (Å²) in [6.07, 6.45) is -0.433. The molecule has 0 radical (unpaired) electrons. The number of rotatable bonds is 4. The van der Waals surface area contributed by atoms with Crippen molar-refractivity contribution in [3.63, 3.8) is 0 Å². The van der Waals surface area contributed by atoms with Crippen LogP contribution in [0.5, 0.6) is 11.5 Å². The Morgan fingerprint density at radius 2 is 1.84 bits per heavy atom. The molecule has 4 nitrogen and oxygen atoms in total. The van der Waals surface area contributed by atoms with E-state index in [-0.39, 0.29) is 12.3 Å². The molecule has 0 fully saturated rings. The molecule has 0 heterocycles. The first-order valence-corrected chi connectivity index (χ1v) is 8.60. The summed E-state index contributed by atoms with van der Waals surface area (Å²) in [7, 11) is 1.64. The molecule has 0 N–H and O–H groups in total. The van der Waals surface area contributed by atoms with Gasteiger partial charge in [0.05, 0.1) is 6.54 Å². The van der Waals surface area contributed by atoms with E-state index in [0.29, 0.717) is 10.2 Å². The van der Waals surface area contributed by atoms with E-state index in [4.69, 9.17) is 9.47 Å². The number of nitrogens with zero attached hydrogens (tertiary/aromatic N) is 1. The van der Waals surface area contributed by atoms with Crippen LogP contribution >= 0.6 is 15.9 Å². The standard InChI is InChI=1S/C19H21BrFNO3/c1-19(2,3)25-18(23)22(4)12-13-7-5-6-8-16(13)24-17-10-9-14(20)11-15(17)21/h5-11H,12H2,1-4H3. The van der Waals surface area contributed by atoms with Gasteiger partial charge in [-0.25, -0.2) is 9.18 Å². The molecule has 2 aromatic carbocycles. The van der Waals surface area contributed by atoms with Crippen molar-refractivity contribution in [2.75, 3.05) is 7.05 Å². The van der Waals surface area contributed by atoms with Crippen molar-refractivity contribution in [1.82, 2.24) is 4.90 Å². The number of carbonyl (C=O) groups is 1. The zero-order valence-electron chi connectivity index (χ0n) is 14.7. The quantitative estimate of drug-likeness (QED) is 0.645. The molecule has 0 aliphatic rings. The normalized spacial score (nSPS) is 11.1. The van der Waals surface area contributed by atoms with Crippen molar-refractivity contribution in [1.29, 1.82) is 0 Å². The maximum atomic E-state index is 14.0. The number of amides is 1. The maximum absolute atomic E-state index is 14.0. The summed E-state index contributed by atoms with van der Waals surface area (Å²) in [5.41, 5.74) is 0.181. The van der Waals surface area contributed by atoms with E-state index in [1.54, 1.807) is 31.3 Å². The lowest BCUT2D eigenvalue weighted by molar-refractivity contribution is 0.0284. The van der Waals surface area contributed by atoms with E-state index in [9.17, 15) is 9.18 Å². The predicted molar refractivity (Wildman–Crippen MR) is 98.3 cm³/mol. The SMILES string of the molecule is CN(Cc1ccccc1Oc1ccc(Br)cc1F)C(=O)OC(C)(C)C. The van der Waals surface area contributed by atoms with Gasteiger partial charge in [0.2, 0.25) is 0 Å². The van der Waals surface area contributed by atoms with Crippen LogP contribution in [-0.2, 0) is 11.3 Å². The minimum Gasteiger partial charge on any atom is -0.454 e. The molecule has 0 spiro atoms. The highest BCUT2D eigenvalue weighted by Gasteiger charge is 2.20. The molecule has 25 heavy (non-hydrogen) atoms. The van der Waals surface area contributed by atoms with E-state index in [1.807, 2.05) is 32.9 Å². The molecule has 2 aromatic rings. The van der Waals surface area contributed by atoms with E-state index in [0.717, 1.165) is 5.56 Å². The van der Waals surface area contributed by atoms with Crippen LogP contribution in [0, 0.1) is 5.82 Å².